The highest BCUT2D eigenvalue weighted by Crippen LogP contribution is 2.39. The van der Waals surface area contributed by atoms with Crippen molar-refractivity contribution < 1.29 is 27.9 Å². The van der Waals surface area contributed by atoms with Gasteiger partial charge in [0.25, 0.3) is 5.91 Å². The number of rotatable bonds is 9. The minimum Gasteiger partial charge on any atom is -0.494 e. The Balaban J connectivity index is 1.43. The Kier molecular flexibility index (Phi) is 5.56. The van der Waals surface area contributed by atoms with Crippen LogP contribution in [0.1, 0.15) is 33.5 Å². The standard InChI is InChI=1S/C24H27N7O5/c1-34-19-12-36-11-18(19)31-10-14(9-26-31)15-4-3-5-16(22(15)35-2)27-17-8-20(28-24(33)13-6-7-13)29-30-21(17)23(25)32/h3-5,8-10,13,18-19H,6-7,11-12H2,1-2H3,(H2,25,32)(H2,27,28,29,33)/t18-,19+/m0/s1/i1D3. The van der Waals surface area contributed by atoms with E-state index >= 15 is 0 Å². The fourth-order valence-electron chi connectivity index (χ4n) is 4.07. The van der Waals surface area contributed by atoms with Crippen LogP contribution in [0.25, 0.3) is 11.1 Å². The van der Waals surface area contributed by atoms with Gasteiger partial charge in [0.05, 0.1) is 42.0 Å². The van der Waals surface area contributed by atoms with Gasteiger partial charge in [-0.3, -0.25) is 14.3 Å². The summed E-state index contributed by atoms with van der Waals surface area (Å²) < 4.78 is 40.2. The number of primary amides is 1. The van der Waals surface area contributed by atoms with E-state index in [-0.39, 0.29) is 42.2 Å². The van der Waals surface area contributed by atoms with Crippen LogP contribution < -0.4 is 21.1 Å². The van der Waals surface area contributed by atoms with Crippen LogP contribution in [0.5, 0.6) is 5.75 Å². The van der Waals surface area contributed by atoms with Crippen LogP contribution in [0.3, 0.4) is 0 Å². The van der Waals surface area contributed by atoms with E-state index in [2.05, 4.69) is 25.9 Å². The van der Waals surface area contributed by atoms with Crippen LogP contribution in [-0.4, -0.2) is 65.3 Å². The first kappa shape index (κ1) is 20.2. The van der Waals surface area contributed by atoms with Gasteiger partial charge in [0.1, 0.15) is 17.9 Å². The molecule has 3 heterocycles. The summed E-state index contributed by atoms with van der Waals surface area (Å²) in [5.74, 6) is -0.371. The van der Waals surface area contributed by atoms with E-state index in [1.54, 1.807) is 29.2 Å². The lowest BCUT2D eigenvalue weighted by Gasteiger charge is -2.17. The fraction of sp³-hybridized carbons (Fsp3) is 0.375. The quantitative estimate of drug-likeness (QED) is 0.404. The number of nitrogens with one attached hydrogen (secondary N) is 2. The number of nitrogens with zero attached hydrogens (tertiary/aromatic N) is 4. The maximum absolute atomic E-state index is 12.2. The molecule has 1 aliphatic carbocycles. The molecule has 2 amide bonds. The maximum atomic E-state index is 12.2. The van der Waals surface area contributed by atoms with Crippen molar-refractivity contribution in [3.05, 3.63) is 42.4 Å². The summed E-state index contributed by atoms with van der Waals surface area (Å²) in [6.45, 7) is 0.400. The van der Waals surface area contributed by atoms with E-state index in [1.165, 1.54) is 13.2 Å². The molecular weight excluding hydrogens is 466 g/mol. The normalized spacial score (nSPS) is 20.8. The molecule has 5 rings (SSSR count). The molecule has 12 nitrogen and oxygen atoms in total. The summed E-state index contributed by atoms with van der Waals surface area (Å²) in [5, 5.41) is 18.1. The Morgan fingerprint density at radius 1 is 1.25 bits per heavy atom. The third kappa shape index (κ3) is 4.72. The minimum absolute atomic E-state index is 0.0391. The molecule has 1 saturated carbocycles. The molecule has 2 fully saturated rings. The molecule has 0 radical (unpaired) electrons. The predicted octanol–water partition coefficient (Wildman–Crippen LogP) is 2.13. The maximum Gasteiger partial charge on any atom is 0.271 e. The second-order valence-electron chi connectivity index (χ2n) is 8.60. The molecule has 0 unspecified atom stereocenters. The van der Waals surface area contributed by atoms with Gasteiger partial charge in [0.2, 0.25) is 5.91 Å². The van der Waals surface area contributed by atoms with Crippen LogP contribution in [0.4, 0.5) is 17.2 Å². The minimum atomic E-state index is -2.55. The Labute approximate surface area is 211 Å². The number of para-hydroxylation sites is 1. The molecular formula is C24H27N7O5. The number of ether oxygens (including phenoxy) is 3. The molecule has 188 valence electrons. The van der Waals surface area contributed by atoms with Crippen molar-refractivity contribution in [1.82, 2.24) is 20.0 Å². The molecule has 0 spiro atoms. The average Bonchev–Trinajstić information content (AvgIpc) is 3.46. The Morgan fingerprint density at radius 3 is 2.86 bits per heavy atom. The van der Waals surface area contributed by atoms with Gasteiger partial charge in [-0.25, -0.2) is 0 Å². The summed E-state index contributed by atoms with van der Waals surface area (Å²) in [6.07, 6.45) is 4.35. The zero-order chi connectivity index (χ0) is 27.7. The summed E-state index contributed by atoms with van der Waals surface area (Å²) in [5.41, 5.74) is 7.50. The molecule has 1 aliphatic heterocycles. The first-order valence-corrected chi connectivity index (χ1v) is 11.4. The molecule has 3 aromatic rings. The zero-order valence-corrected chi connectivity index (χ0v) is 19.4. The van der Waals surface area contributed by atoms with E-state index in [0.717, 1.165) is 12.8 Å². The van der Waals surface area contributed by atoms with Crippen LogP contribution >= 0.6 is 0 Å². The van der Waals surface area contributed by atoms with Crippen LogP contribution in [0.15, 0.2) is 36.7 Å². The molecule has 2 atom stereocenters. The number of aromatic nitrogens is 4. The van der Waals surface area contributed by atoms with E-state index in [1.807, 2.05) is 6.07 Å². The number of carbonyl (C=O) groups is 2. The number of benzene rings is 1. The summed E-state index contributed by atoms with van der Waals surface area (Å²) in [6, 6.07) is 6.42. The molecule has 2 aromatic heterocycles. The van der Waals surface area contributed by atoms with Crippen molar-refractivity contribution >= 4 is 29.0 Å². The number of hydrogen-bond acceptors (Lipinski definition) is 9. The number of amides is 2. The highest BCUT2D eigenvalue weighted by Gasteiger charge is 2.31. The van der Waals surface area contributed by atoms with Gasteiger partial charge in [0, 0.05) is 36.3 Å². The van der Waals surface area contributed by atoms with Crippen molar-refractivity contribution in [2.75, 3.05) is 38.0 Å². The number of nitrogens with two attached hydrogens (primary N) is 1. The SMILES string of the molecule is [2H]C([2H])([2H])O[C@@H]1COC[C@@H]1n1cc(-c2cccc(Nc3cc(NC(=O)C4CC4)nnc3C(N)=O)c2OC)cn1. The largest absolute Gasteiger partial charge is 0.494 e. The molecule has 4 N–H and O–H groups in total. The van der Waals surface area contributed by atoms with E-state index < -0.39 is 25.1 Å². The highest BCUT2D eigenvalue weighted by atomic mass is 16.5. The van der Waals surface area contributed by atoms with Crippen molar-refractivity contribution in [3.63, 3.8) is 0 Å². The lowest BCUT2D eigenvalue weighted by molar-refractivity contribution is -0.117. The monoisotopic (exact) mass is 496 g/mol. The second-order valence-corrected chi connectivity index (χ2v) is 8.60. The zero-order valence-electron chi connectivity index (χ0n) is 22.4. The van der Waals surface area contributed by atoms with Gasteiger partial charge in [-0.2, -0.15) is 5.10 Å². The van der Waals surface area contributed by atoms with E-state index in [4.69, 9.17) is 24.1 Å². The third-order valence-electron chi connectivity index (χ3n) is 6.12. The summed E-state index contributed by atoms with van der Waals surface area (Å²) in [4.78, 5) is 24.2. The summed E-state index contributed by atoms with van der Waals surface area (Å²) >= 11 is 0. The van der Waals surface area contributed by atoms with Gasteiger partial charge in [-0.05, 0) is 18.9 Å². The first-order chi connectivity index (χ1) is 18.6. The van der Waals surface area contributed by atoms with Crippen molar-refractivity contribution in [2.45, 2.75) is 25.0 Å². The molecule has 36 heavy (non-hydrogen) atoms. The lowest BCUT2D eigenvalue weighted by atomic mass is 10.1. The predicted molar refractivity (Wildman–Crippen MR) is 130 cm³/mol. The van der Waals surface area contributed by atoms with Crippen LogP contribution in [0, 0.1) is 5.92 Å². The Hall–Kier alpha value is -4.03. The van der Waals surface area contributed by atoms with Gasteiger partial charge in [-0.15, -0.1) is 10.2 Å². The average molecular weight is 497 g/mol. The van der Waals surface area contributed by atoms with Gasteiger partial charge >= 0.3 is 0 Å². The number of methoxy groups -OCH3 is 2. The molecule has 12 heteroatoms. The smallest absolute Gasteiger partial charge is 0.271 e. The van der Waals surface area contributed by atoms with Crippen molar-refractivity contribution in [2.24, 2.45) is 11.7 Å². The van der Waals surface area contributed by atoms with Crippen molar-refractivity contribution in [1.29, 1.82) is 0 Å². The molecule has 1 aromatic carbocycles. The number of anilines is 3. The topological polar surface area (TPSA) is 156 Å². The number of hydrogen-bond donors (Lipinski definition) is 3. The first-order valence-electron chi connectivity index (χ1n) is 12.9. The van der Waals surface area contributed by atoms with Gasteiger partial charge in [-0.1, -0.05) is 12.1 Å². The van der Waals surface area contributed by atoms with Crippen LogP contribution in [0.2, 0.25) is 0 Å². The Morgan fingerprint density at radius 2 is 2.11 bits per heavy atom. The number of carbonyl (C=O) groups excluding carboxylic acids is 2. The van der Waals surface area contributed by atoms with E-state index in [0.29, 0.717) is 22.6 Å². The van der Waals surface area contributed by atoms with Crippen molar-refractivity contribution in [3.8, 4) is 16.9 Å². The molecule has 0 bridgehead atoms. The van der Waals surface area contributed by atoms with Gasteiger partial charge in [0.15, 0.2) is 11.5 Å². The van der Waals surface area contributed by atoms with E-state index in [9.17, 15) is 9.59 Å². The highest BCUT2D eigenvalue weighted by molar-refractivity contribution is 5.99. The Bertz CT molecular complexity index is 1390. The fourth-order valence-corrected chi connectivity index (χ4v) is 4.07. The molecule has 2 aliphatic rings. The second kappa shape index (κ2) is 9.91. The summed E-state index contributed by atoms with van der Waals surface area (Å²) in [7, 11) is -1.05. The van der Waals surface area contributed by atoms with Crippen LogP contribution in [-0.2, 0) is 14.3 Å². The molecule has 1 saturated heterocycles. The lowest BCUT2D eigenvalue weighted by Crippen LogP contribution is -2.24. The van der Waals surface area contributed by atoms with Gasteiger partial charge < -0.3 is 30.6 Å². The third-order valence-corrected chi connectivity index (χ3v) is 6.12.